The second kappa shape index (κ2) is 4.67. The van der Waals surface area contributed by atoms with Crippen molar-refractivity contribution in [1.29, 1.82) is 0 Å². The zero-order chi connectivity index (χ0) is 12.4. The van der Waals surface area contributed by atoms with Crippen molar-refractivity contribution >= 4 is 28.7 Å². The van der Waals surface area contributed by atoms with E-state index in [2.05, 4.69) is 19.8 Å². The molecule has 0 saturated heterocycles. The molecule has 0 N–H and O–H groups in total. The highest BCUT2D eigenvalue weighted by atomic mass is 35.5. The van der Waals surface area contributed by atoms with Crippen molar-refractivity contribution in [3.05, 3.63) is 17.5 Å². The van der Waals surface area contributed by atoms with E-state index in [0.717, 1.165) is 0 Å². The van der Waals surface area contributed by atoms with Crippen LogP contribution in [-0.4, -0.2) is 32.8 Å². The summed E-state index contributed by atoms with van der Waals surface area (Å²) >= 11 is 5.77. The van der Waals surface area contributed by atoms with Crippen LogP contribution in [0.4, 0.5) is 0 Å². The second-order valence-corrected chi connectivity index (χ2v) is 4.04. The molecule has 17 heavy (non-hydrogen) atoms. The number of carbonyl (C=O) groups is 1. The first kappa shape index (κ1) is 11.8. The van der Waals surface area contributed by atoms with E-state index >= 15 is 0 Å². The first-order valence-corrected chi connectivity index (χ1v) is 5.41. The molecule has 2 heterocycles. The fourth-order valence-electron chi connectivity index (χ4n) is 1.50. The van der Waals surface area contributed by atoms with Crippen molar-refractivity contribution in [3.8, 4) is 0 Å². The number of hydrogen-bond acceptors (Lipinski definition) is 5. The lowest BCUT2D eigenvalue weighted by molar-refractivity contribution is -0.145. The van der Waals surface area contributed by atoms with E-state index in [9.17, 15) is 4.79 Å². The lowest BCUT2D eigenvalue weighted by atomic mass is 10.2. The Morgan fingerprint density at radius 1 is 1.59 bits per heavy atom. The van der Waals surface area contributed by atoms with Gasteiger partial charge in [0.15, 0.2) is 5.65 Å². The maximum absolute atomic E-state index is 11.3. The molecule has 2 aromatic rings. The molecular weight excluding hydrogens is 244 g/mol. The van der Waals surface area contributed by atoms with Gasteiger partial charge in [-0.1, -0.05) is 18.5 Å². The van der Waals surface area contributed by atoms with E-state index in [1.807, 2.05) is 0 Å². The van der Waals surface area contributed by atoms with Crippen LogP contribution >= 0.6 is 11.6 Å². The Morgan fingerprint density at radius 3 is 3.06 bits per heavy atom. The van der Waals surface area contributed by atoms with Gasteiger partial charge in [-0.2, -0.15) is 5.10 Å². The summed E-state index contributed by atoms with van der Waals surface area (Å²) in [7, 11) is 1.36. The first-order chi connectivity index (χ1) is 8.11. The molecule has 0 aliphatic heterocycles. The molecule has 1 atom stereocenters. The van der Waals surface area contributed by atoms with Gasteiger partial charge >= 0.3 is 5.97 Å². The van der Waals surface area contributed by atoms with Gasteiger partial charge in [-0.05, 0) is 0 Å². The van der Waals surface area contributed by atoms with Crippen LogP contribution in [0.3, 0.4) is 0 Å². The summed E-state index contributed by atoms with van der Waals surface area (Å²) in [5.41, 5.74) is 1.21. The van der Waals surface area contributed by atoms with Gasteiger partial charge in [0, 0.05) is 0 Å². The van der Waals surface area contributed by atoms with Crippen LogP contribution in [0.5, 0.6) is 0 Å². The van der Waals surface area contributed by atoms with E-state index in [0.29, 0.717) is 22.9 Å². The Balaban J connectivity index is 2.30. The number of hydrogen-bond donors (Lipinski definition) is 0. The number of carbonyl (C=O) groups excluding carboxylic acids is 1. The number of fused-ring (bicyclic) bond motifs is 1. The molecule has 90 valence electrons. The monoisotopic (exact) mass is 254 g/mol. The molecule has 0 aromatic carbocycles. The number of halogens is 1. The predicted octanol–water partition coefficient (Wildman–Crippen LogP) is 1.29. The third kappa shape index (κ3) is 2.36. The Hall–Kier alpha value is -1.69. The van der Waals surface area contributed by atoms with Crippen molar-refractivity contribution in [1.82, 2.24) is 19.7 Å². The molecule has 0 aliphatic carbocycles. The molecule has 0 spiro atoms. The molecular formula is C10H11ClN4O2. The summed E-state index contributed by atoms with van der Waals surface area (Å²) in [6.45, 7) is 2.14. The van der Waals surface area contributed by atoms with Gasteiger partial charge in [0.1, 0.15) is 10.7 Å². The lowest BCUT2D eigenvalue weighted by Gasteiger charge is -2.09. The fourth-order valence-corrected chi connectivity index (χ4v) is 1.63. The molecule has 0 saturated carbocycles. The Morgan fingerprint density at radius 2 is 2.35 bits per heavy atom. The molecule has 6 nitrogen and oxygen atoms in total. The van der Waals surface area contributed by atoms with Gasteiger partial charge < -0.3 is 4.74 Å². The third-order valence-electron chi connectivity index (χ3n) is 2.37. The summed E-state index contributed by atoms with van der Waals surface area (Å²) in [5.74, 6) is -0.590. The van der Waals surface area contributed by atoms with E-state index in [1.54, 1.807) is 17.8 Å². The van der Waals surface area contributed by atoms with Crippen LogP contribution in [0.2, 0.25) is 5.15 Å². The molecule has 0 fully saturated rings. The minimum atomic E-state index is -0.302. The van der Waals surface area contributed by atoms with Crippen LogP contribution in [0.15, 0.2) is 12.4 Å². The van der Waals surface area contributed by atoms with Gasteiger partial charge in [0.25, 0.3) is 0 Å². The largest absolute Gasteiger partial charge is 0.469 e. The number of esters is 1. The average Bonchev–Trinajstić information content (AvgIpc) is 2.71. The van der Waals surface area contributed by atoms with E-state index in [4.69, 9.17) is 11.6 Å². The van der Waals surface area contributed by atoms with Crippen molar-refractivity contribution in [2.45, 2.75) is 13.5 Å². The van der Waals surface area contributed by atoms with E-state index < -0.39 is 0 Å². The Bertz CT molecular complexity index is 554. The summed E-state index contributed by atoms with van der Waals surface area (Å²) in [6.07, 6.45) is 3.04. The molecule has 0 radical (unpaired) electrons. The van der Waals surface area contributed by atoms with Crippen LogP contribution in [0, 0.1) is 5.92 Å². The van der Waals surface area contributed by atoms with Gasteiger partial charge in [0.05, 0.1) is 32.0 Å². The molecule has 0 unspecified atom stereocenters. The number of ether oxygens (including phenoxy) is 1. The third-order valence-corrected chi connectivity index (χ3v) is 2.55. The van der Waals surface area contributed by atoms with Crippen molar-refractivity contribution < 1.29 is 9.53 Å². The Kier molecular flexibility index (Phi) is 3.23. The highest BCUT2D eigenvalue weighted by Gasteiger charge is 2.16. The van der Waals surface area contributed by atoms with Crippen molar-refractivity contribution in [3.63, 3.8) is 0 Å². The fraction of sp³-hybridized carbons (Fsp3) is 0.400. The lowest BCUT2D eigenvalue weighted by Crippen LogP contribution is -2.19. The molecule has 2 aromatic heterocycles. The molecule has 0 aliphatic rings. The van der Waals surface area contributed by atoms with Gasteiger partial charge in [0.2, 0.25) is 0 Å². The van der Waals surface area contributed by atoms with Crippen LogP contribution in [0.1, 0.15) is 6.92 Å². The summed E-state index contributed by atoms with van der Waals surface area (Å²) in [4.78, 5) is 19.5. The SMILES string of the molecule is COC(=O)[C@@H](C)Cn1ncc2ncc(Cl)nc21. The van der Waals surface area contributed by atoms with Gasteiger partial charge in [-0.15, -0.1) is 0 Å². The molecule has 0 amide bonds. The summed E-state index contributed by atoms with van der Waals surface area (Å²) < 4.78 is 6.25. The number of aromatic nitrogens is 4. The second-order valence-electron chi connectivity index (χ2n) is 3.65. The average molecular weight is 255 g/mol. The van der Waals surface area contributed by atoms with Crippen LogP contribution in [-0.2, 0) is 16.1 Å². The van der Waals surface area contributed by atoms with Crippen molar-refractivity contribution in [2.24, 2.45) is 5.92 Å². The van der Waals surface area contributed by atoms with E-state index in [1.165, 1.54) is 13.3 Å². The quantitative estimate of drug-likeness (QED) is 0.772. The highest BCUT2D eigenvalue weighted by molar-refractivity contribution is 6.29. The maximum atomic E-state index is 11.3. The highest BCUT2D eigenvalue weighted by Crippen LogP contribution is 2.13. The maximum Gasteiger partial charge on any atom is 0.310 e. The predicted molar refractivity (Wildman–Crippen MR) is 61.5 cm³/mol. The molecule has 2 rings (SSSR count). The molecule has 0 bridgehead atoms. The minimum absolute atomic E-state index is 0.288. The number of rotatable bonds is 3. The standard InChI is InChI=1S/C10H11ClN4O2/c1-6(10(16)17-2)5-15-9-7(3-13-15)12-4-8(11)14-9/h3-4,6H,5H2,1-2H3/t6-/m0/s1. The number of methoxy groups -OCH3 is 1. The minimum Gasteiger partial charge on any atom is -0.469 e. The van der Waals surface area contributed by atoms with Crippen LogP contribution in [0.25, 0.3) is 11.2 Å². The summed E-state index contributed by atoms with van der Waals surface area (Å²) in [5, 5.41) is 4.41. The van der Waals surface area contributed by atoms with E-state index in [-0.39, 0.29) is 11.9 Å². The first-order valence-electron chi connectivity index (χ1n) is 5.03. The van der Waals surface area contributed by atoms with Gasteiger partial charge in [-0.25, -0.2) is 14.6 Å². The van der Waals surface area contributed by atoms with Crippen LogP contribution < -0.4 is 0 Å². The zero-order valence-corrected chi connectivity index (χ0v) is 10.2. The summed E-state index contributed by atoms with van der Waals surface area (Å²) in [6, 6.07) is 0. The number of nitrogens with zero attached hydrogens (tertiary/aromatic N) is 4. The zero-order valence-electron chi connectivity index (χ0n) is 9.42. The van der Waals surface area contributed by atoms with Gasteiger partial charge in [-0.3, -0.25) is 4.79 Å². The smallest absolute Gasteiger partial charge is 0.310 e. The van der Waals surface area contributed by atoms with Crippen molar-refractivity contribution in [2.75, 3.05) is 7.11 Å². The molecule has 7 heteroatoms. The normalized spacial score (nSPS) is 12.6. The topological polar surface area (TPSA) is 69.9 Å². The Labute approximate surface area is 103 Å².